The van der Waals surface area contributed by atoms with Crippen LogP contribution in [0.15, 0.2) is 30.3 Å². The van der Waals surface area contributed by atoms with E-state index >= 15 is 0 Å². The summed E-state index contributed by atoms with van der Waals surface area (Å²) < 4.78 is 0. The molecule has 1 saturated heterocycles. The van der Waals surface area contributed by atoms with Crippen molar-refractivity contribution in [3.05, 3.63) is 35.9 Å². The van der Waals surface area contributed by atoms with Gasteiger partial charge in [0.05, 0.1) is 0 Å². The molecule has 1 fully saturated rings. The largest absolute Gasteiger partial charge is 0.356 e. The summed E-state index contributed by atoms with van der Waals surface area (Å²) in [4.78, 5) is 33.8. The first-order chi connectivity index (χ1) is 9.65. The molecule has 106 valence electrons. The average molecular weight is 275 g/mol. The van der Waals surface area contributed by atoms with E-state index < -0.39 is 12.1 Å². The Morgan fingerprint density at radius 2 is 1.95 bits per heavy atom. The third kappa shape index (κ3) is 4.08. The molecule has 6 heteroatoms. The van der Waals surface area contributed by atoms with Crippen molar-refractivity contribution >= 4 is 17.8 Å². The van der Waals surface area contributed by atoms with Gasteiger partial charge in [-0.25, -0.2) is 4.79 Å². The Morgan fingerprint density at radius 3 is 2.60 bits per heavy atom. The van der Waals surface area contributed by atoms with Gasteiger partial charge in [0.15, 0.2) is 0 Å². The zero-order valence-electron chi connectivity index (χ0n) is 11.0. The van der Waals surface area contributed by atoms with E-state index in [2.05, 4.69) is 16.0 Å². The average Bonchev–Trinajstić information content (AvgIpc) is 2.76. The highest BCUT2D eigenvalue weighted by Gasteiger charge is 2.28. The number of aryl methyl sites for hydroxylation is 1. The lowest BCUT2D eigenvalue weighted by Crippen LogP contribution is -2.34. The molecule has 1 atom stereocenters. The van der Waals surface area contributed by atoms with E-state index in [4.69, 9.17) is 0 Å². The van der Waals surface area contributed by atoms with Gasteiger partial charge in [0.2, 0.25) is 5.91 Å². The summed E-state index contributed by atoms with van der Waals surface area (Å²) in [6.07, 6.45) is 1.50. The Labute approximate surface area is 116 Å². The molecule has 1 aliphatic rings. The molecule has 0 saturated carbocycles. The Hall–Kier alpha value is -2.37. The van der Waals surface area contributed by atoms with E-state index in [9.17, 15) is 14.4 Å². The van der Waals surface area contributed by atoms with Crippen LogP contribution in [0.1, 0.15) is 18.4 Å². The lowest BCUT2D eigenvalue weighted by molar-refractivity contribution is -0.122. The number of nitrogens with one attached hydrogen (secondary N) is 3. The fourth-order valence-electron chi connectivity index (χ4n) is 2.01. The quantitative estimate of drug-likeness (QED) is 0.654. The SMILES string of the molecule is O=C(CCc1ccccc1)NCCC1NC(=O)NC1=O. The van der Waals surface area contributed by atoms with E-state index in [1.54, 1.807) is 0 Å². The van der Waals surface area contributed by atoms with Crippen molar-refractivity contribution in [2.75, 3.05) is 6.54 Å². The number of benzene rings is 1. The maximum absolute atomic E-state index is 11.6. The number of carbonyl (C=O) groups excluding carboxylic acids is 3. The molecule has 0 aliphatic carbocycles. The van der Waals surface area contributed by atoms with Gasteiger partial charge >= 0.3 is 6.03 Å². The summed E-state index contributed by atoms with van der Waals surface area (Å²) >= 11 is 0. The highest BCUT2D eigenvalue weighted by Crippen LogP contribution is 2.02. The molecule has 1 aromatic rings. The molecule has 3 N–H and O–H groups in total. The molecule has 0 aromatic heterocycles. The molecule has 1 aliphatic heterocycles. The third-order valence-corrected chi connectivity index (χ3v) is 3.10. The third-order valence-electron chi connectivity index (χ3n) is 3.10. The molecule has 0 spiro atoms. The Kier molecular flexibility index (Phi) is 4.70. The summed E-state index contributed by atoms with van der Waals surface area (Å²) in [7, 11) is 0. The lowest BCUT2D eigenvalue weighted by atomic mass is 10.1. The van der Waals surface area contributed by atoms with Crippen LogP contribution in [0.2, 0.25) is 0 Å². The molecule has 0 bridgehead atoms. The number of urea groups is 1. The second-order valence-corrected chi connectivity index (χ2v) is 4.64. The van der Waals surface area contributed by atoms with Gasteiger partial charge in [0, 0.05) is 13.0 Å². The first kappa shape index (κ1) is 14.0. The zero-order valence-corrected chi connectivity index (χ0v) is 11.0. The molecule has 4 amide bonds. The smallest absolute Gasteiger partial charge is 0.322 e. The molecular formula is C14H17N3O3. The van der Waals surface area contributed by atoms with E-state index in [0.29, 0.717) is 25.8 Å². The van der Waals surface area contributed by atoms with Crippen LogP contribution in [0.5, 0.6) is 0 Å². The van der Waals surface area contributed by atoms with Crippen molar-refractivity contribution in [2.45, 2.75) is 25.3 Å². The van der Waals surface area contributed by atoms with Gasteiger partial charge in [0.25, 0.3) is 5.91 Å². The second kappa shape index (κ2) is 6.70. The number of carbonyl (C=O) groups is 3. The second-order valence-electron chi connectivity index (χ2n) is 4.64. The van der Waals surface area contributed by atoms with Crippen LogP contribution in [0, 0.1) is 0 Å². The first-order valence-electron chi connectivity index (χ1n) is 6.57. The van der Waals surface area contributed by atoms with Crippen molar-refractivity contribution in [1.82, 2.24) is 16.0 Å². The fourth-order valence-corrected chi connectivity index (χ4v) is 2.01. The van der Waals surface area contributed by atoms with Crippen LogP contribution < -0.4 is 16.0 Å². The number of amides is 4. The van der Waals surface area contributed by atoms with Gasteiger partial charge in [0.1, 0.15) is 6.04 Å². The summed E-state index contributed by atoms with van der Waals surface area (Å²) in [5.74, 6) is -0.396. The molecule has 6 nitrogen and oxygen atoms in total. The number of hydrogen-bond donors (Lipinski definition) is 3. The molecule has 1 heterocycles. The van der Waals surface area contributed by atoms with Gasteiger partial charge < -0.3 is 10.6 Å². The number of rotatable bonds is 6. The maximum Gasteiger partial charge on any atom is 0.322 e. The zero-order chi connectivity index (χ0) is 14.4. The van der Waals surface area contributed by atoms with Crippen LogP contribution in [-0.2, 0) is 16.0 Å². The van der Waals surface area contributed by atoms with Crippen molar-refractivity contribution in [3.8, 4) is 0 Å². The maximum atomic E-state index is 11.6. The molecule has 0 radical (unpaired) electrons. The molecule has 20 heavy (non-hydrogen) atoms. The lowest BCUT2D eigenvalue weighted by Gasteiger charge is -2.08. The predicted octanol–water partition coefficient (Wildman–Crippen LogP) is 0.334. The van der Waals surface area contributed by atoms with Crippen molar-refractivity contribution in [3.63, 3.8) is 0 Å². The Balaban J connectivity index is 1.63. The van der Waals surface area contributed by atoms with E-state index in [1.807, 2.05) is 30.3 Å². The standard InChI is InChI=1S/C14H17N3O3/c18-12(7-6-10-4-2-1-3-5-10)15-9-8-11-13(19)17-14(20)16-11/h1-5,11H,6-9H2,(H,15,18)(H2,16,17,19,20). The van der Waals surface area contributed by atoms with Crippen molar-refractivity contribution in [2.24, 2.45) is 0 Å². The highest BCUT2D eigenvalue weighted by molar-refractivity contribution is 6.04. The van der Waals surface area contributed by atoms with Crippen LogP contribution in [0.25, 0.3) is 0 Å². The molecule has 1 aromatic carbocycles. The van der Waals surface area contributed by atoms with Crippen LogP contribution >= 0.6 is 0 Å². The van der Waals surface area contributed by atoms with Crippen molar-refractivity contribution < 1.29 is 14.4 Å². The van der Waals surface area contributed by atoms with E-state index in [-0.39, 0.29) is 11.8 Å². The first-order valence-corrected chi connectivity index (χ1v) is 6.57. The van der Waals surface area contributed by atoms with Crippen LogP contribution in [-0.4, -0.2) is 30.4 Å². The molecule has 2 rings (SSSR count). The Morgan fingerprint density at radius 1 is 1.20 bits per heavy atom. The van der Waals surface area contributed by atoms with Crippen molar-refractivity contribution in [1.29, 1.82) is 0 Å². The minimum absolute atomic E-state index is 0.0569. The summed E-state index contributed by atoms with van der Waals surface area (Å²) in [5, 5.41) is 7.38. The van der Waals surface area contributed by atoms with Crippen LogP contribution in [0.4, 0.5) is 4.79 Å². The molecule has 1 unspecified atom stereocenters. The summed E-state index contributed by atoms with van der Waals surface area (Å²) in [6, 6.07) is 8.75. The van der Waals surface area contributed by atoms with Gasteiger partial charge in [-0.15, -0.1) is 0 Å². The summed E-state index contributed by atoms with van der Waals surface area (Å²) in [6.45, 7) is 0.367. The van der Waals surface area contributed by atoms with E-state index in [0.717, 1.165) is 5.56 Å². The number of imide groups is 1. The topological polar surface area (TPSA) is 87.3 Å². The Bertz CT molecular complexity index is 502. The van der Waals surface area contributed by atoms with Gasteiger partial charge in [-0.3, -0.25) is 14.9 Å². The minimum atomic E-state index is -0.545. The number of hydrogen-bond acceptors (Lipinski definition) is 3. The van der Waals surface area contributed by atoms with Gasteiger partial charge in [-0.05, 0) is 18.4 Å². The fraction of sp³-hybridized carbons (Fsp3) is 0.357. The van der Waals surface area contributed by atoms with Crippen LogP contribution in [0.3, 0.4) is 0 Å². The monoisotopic (exact) mass is 275 g/mol. The van der Waals surface area contributed by atoms with Gasteiger partial charge in [-0.1, -0.05) is 30.3 Å². The highest BCUT2D eigenvalue weighted by atomic mass is 16.2. The van der Waals surface area contributed by atoms with E-state index in [1.165, 1.54) is 0 Å². The normalized spacial score (nSPS) is 17.5. The van der Waals surface area contributed by atoms with Gasteiger partial charge in [-0.2, -0.15) is 0 Å². The predicted molar refractivity (Wildman–Crippen MR) is 72.9 cm³/mol. The summed E-state index contributed by atoms with van der Waals surface area (Å²) in [5.41, 5.74) is 1.12. The minimum Gasteiger partial charge on any atom is -0.356 e. The molecular weight excluding hydrogens is 258 g/mol.